The van der Waals surface area contributed by atoms with E-state index in [1.54, 1.807) is 6.92 Å². The van der Waals surface area contributed by atoms with Crippen molar-refractivity contribution in [2.45, 2.75) is 57.2 Å². The summed E-state index contributed by atoms with van der Waals surface area (Å²) in [5, 5.41) is 3.44. The van der Waals surface area contributed by atoms with Crippen LogP contribution in [0.2, 0.25) is 0 Å². The topological polar surface area (TPSA) is 21.3 Å². The van der Waals surface area contributed by atoms with E-state index in [1.165, 1.54) is 12.8 Å². The van der Waals surface area contributed by atoms with Gasteiger partial charge in [0.15, 0.2) is 0 Å². The largest absolute Gasteiger partial charge is 0.381 e. The minimum absolute atomic E-state index is 0.199. The molecule has 0 bridgehead atoms. The van der Waals surface area contributed by atoms with Crippen molar-refractivity contribution in [2.75, 3.05) is 19.8 Å². The molecule has 0 amide bonds. The number of hydrogen-bond acceptors (Lipinski definition) is 2. The van der Waals surface area contributed by atoms with Crippen LogP contribution in [-0.4, -0.2) is 31.5 Å². The average Bonchev–Trinajstić information content (AvgIpc) is 2.31. The normalized spacial score (nSPS) is 32.2. The summed E-state index contributed by atoms with van der Waals surface area (Å²) in [4.78, 5) is 0. The van der Waals surface area contributed by atoms with Gasteiger partial charge in [-0.25, -0.2) is 4.39 Å². The molecule has 2 rings (SSSR count). The lowest BCUT2D eigenvalue weighted by Gasteiger charge is -2.37. The van der Waals surface area contributed by atoms with Crippen molar-refractivity contribution in [1.29, 1.82) is 0 Å². The molecule has 2 saturated heterocycles. The molecular formula is C13H24FNO. The van der Waals surface area contributed by atoms with Gasteiger partial charge in [-0.3, -0.25) is 0 Å². The van der Waals surface area contributed by atoms with Crippen LogP contribution in [0.25, 0.3) is 0 Å². The number of piperidine rings is 1. The maximum atomic E-state index is 14.7. The van der Waals surface area contributed by atoms with Gasteiger partial charge in [0.2, 0.25) is 0 Å². The Labute approximate surface area is 97.9 Å². The molecule has 0 aliphatic carbocycles. The summed E-state index contributed by atoms with van der Waals surface area (Å²) in [7, 11) is 0. The van der Waals surface area contributed by atoms with E-state index in [9.17, 15) is 4.39 Å². The smallest absolute Gasteiger partial charge is 0.112 e. The molecule has 0 aromatic heterocycles. The van der Waals surface area contributed by atoms with Crippen LogP contribution in [0.15, 0.2) is 0 Å². The molecule has 16 heavy (non-hydrogen) atoms. The Bertz CT molecular complexity index is 208. The van der Waals surface area contributed by atoms with E-state index in [2.05, 4.69) is 5.32 Å². The van der Waals surface area contributed by atoms with Crippen LogP contribution in [0.3, 0.4) is 0 Å². The first-order valence-electron chi connectivity index (χ1n) is 6.68. The molecule has 2 fully saturated rings. The highest BCUT2D eigenvalue weighted by atomic mass is 19.1. The minimum atomic E-state index is -1.02. The molecule has 94 valence electrons. The number of halogens is 1. The lowest BCUT2D eigenvalue weighted by atomic mass is 9.79. The SMILES string of the molecule is CC(F)(CC1CCCCN1)C1CCOCC1. The number of nitrogens with one attached hydrogen (secondary N) is 1. The van der Waals surface area contributed by atoms with Crippen molar-refractivity contribution in [3.8, 4) is 0 Å². The van der Waals surface area contributed by atoms with Gasteiger partial charge in [0.25, 0.3) is 0 Å². The van der Waals surface area contributed by atoms with Gasteiger partial charge < -0.3 is 10.1 Å². The van der Waals surface area contributed by atoms with Crippen molar-refractivity contribution < 1.29 is 9.13 Å². The van der Waals surface area contributed by atoms with Gasteiger partial charge in [-0.2, -0.15) is 0 Å². The number of hydrogen-bond donors (Lipinski definition) is 1. The van der Waals surface area contributed by atoms with Crippen LogP contribution >= 0.6 is 0 Å². The van der Waals surface area contributed by atoms with Gasteiger partial charge in [-0.1, -0.05) is 6.42 Å². The molecule has 0 saturated carbocycles. The molecule has 0 spiro atoms. The third-order valence-corrected chi connectivity index (χ3v) is 4.13. The Morgan fingerprint density at radius 2 is 2.00 bits per heavy atom. The van der Waals surface area contributed by atoms with Crippen LogP contribution < -0.4 is 5.32 Å². The standard InChI is InChI=1S/C13H24FNO/c1-13(14,11-5-8-16-9-6-11)10-12-4-2-3-7-15-12/h11-12,15H,2-10H2,1H3. The summed E-state index contributed by atoms with van der Waals surface area (Å²) < 4.78 is 20.0. The van der Waals surface area contributed by atoms with Crippen molar-refractivity contribution in [3.05, 3.63) is 0 Å². The first-order valence-corrected chi connectivity index (χ1v) is 6.68. The van der Waals surface area contributed by atoms with Gasteiger partial charge in [0, 0.05) is 19.3 Å². The summed E-state index contributed by atoms with van der Waals surface area (Å²) in [6, 6.07) is 0.395. The minimum Gasteiger partial charge on any atom is -0.381 e. The zero-order valence-electron chi connectivity index (χ0n) is 10.3. The van der Waals surface area contributed by atoms with Crippen LogP contribution in [0, 0.1) is 5.92 Å². The van der Waals surface area contributed by atoms with Crippen LogP contribution in [0.1, 0.15) is 45.4 Å². The van der Waals surface area contributed by atoms with E-state index < -0.39 is 5.67 Å². The Morgan fingerprint density at radius 3 is 2.62 bits per heavy atom. The molecule has 2 nitrogen and oxygen atoms in total. The Balaban J connectivity index is 1.84. The summed E-state index contributed by atoms with van der Waals surface area (Å²) in [5.41, 5.74) is -1.02. The molecule has 0 aromatic carbocycles. The maximum Gasteiger partial charge on any atom is 0.112 e. The van der Waals surface area contributed by atoms with Gasteiger partial charge in [0.05, 0.1) is 0 Å². The van der Waals surface area contributed by atoms with Gasteiger partial charge in [-0.05, 0) is 51.5 Å². The van der Waals surface area contributed by atoms with Crippen LogP contribution in [0.4, 0.5) is 4.39 Å². The lowest BCUT2D eigenvalue weighted by Crippen LogP contribution is -2.43. The molecule has 2 aliphatic rings. The summed E-state index contributed by atoms with van der Waals surface area (Å²) in [5.74, 6) is 0.199. The van der Waals surface area contributed by atoms with E-state index in [1.807, 2.05) is 0 Å². The molecule has 2 heterocycles. The maximum absolute atomic E-state index is 14.7. The first-order chi connectivity index (χ1) is 7.68. The zero-order chi connectivity index (χ0) is 11.4. The summed E-state index contributed by atoms with van der Waals surface area (Å²) in [6.07, 6.45) is 6.10. The second-order valence-electron chi connectivity index (χ2n) is 5.52. The molecular weight excluding hydrogens is 205 g/mol. The average molecular weight is 229 g/mol. The van der Waals surface area contributed by atoms with Gasteiger partial charge >= 0.3 is 0 Å². The highest BCUT2D eigenvalue weighted by Crippen LogP contribution is 2.35. The monoisotopic (exact) mass is 229 g/mol. The molecule has 0 radical (unpaired) electrons. The van der Waals surface area contributed by atoms with Crippen LogP contribution in [-0.2, 0) is 4.74 Å². The number of ether oxygens (including phenoxy) is 1. The fourth-order valence-corrected chi connectivity index (χ4v) is 3.05. The van der Waals surface area contributed by atoms with Gasteiger partial charge in [0.1, 0.15) is 5.67 Å². The number of rotatable bonds is 3. The predicted octanol–water partition coefficient (Wildman–Crippen LogP) is 2.67. The third-order valence-electron chi connectivity index (χ3n) is 4.13. The second kappa shape index (κ2) is 5.46. The second-order valence-corrected chi connectivity index (χ2v) is 5.52. The van der Waals surface area contributed by atoms with Crippen molar-refractivity contribution in [1.82, 2.24) is 5.32 Å². The van der Waals surface area contributed by atoms with E-state index in [0.717, 1.165) is 39.0 Å². The Morgan fingerprint density at radius 1 is 1.25 bits per heavy atom. The molecule has 1 N–H and O–H groups in total. The molecule has 3 heteroatoms. The zero-order valence-corrected chi connectivity index (χ0v) is 10.3. The van der Waals surface area contributed by atoms with E-state index in [-0.39, 0.29) is 5.92 Å². The molecule has 2 atom stereocenters. The molecule has 0 aromatic rings. The third kappa shape index (κ3) is 3.17. The summed E-state index contributed by atoms with van der Waals surface area (Å²) in [6.45, 7) is 4.33. The summed E-state index contributed by atoms with van der Waals surface area (Å²) >= 11 is 0. The van der Waals surface area contributed by atoms with Crippen molar-refractivity contribution >= 4 is 0 Å². The fraction of sp³-hybridized carbons (Fsp3) is 1.00. The molecule has 2 unspecified atom stereocenters. The fourth-order valence-electron chi connectivity index (χ4n) is 3.05. The number of alkyl halides is 1. The van der Waals surface area contributed by atoms with E-state index >= 15 is 0 Å². The van der Waals surface area contributed by atoms with Gasteiger partial charge in [-0.15, -0.1) is 0 Å². The quantitative estimate of drug-likeness (QED) is 0.803. The predicted molar refractivity (Wildman–Crippen MR) is 63.3 cm³/mol. The highest BCUT2D eigenvalue weighted by molar-refractivity contribution is 4.89. The Kier molecular flexibility index (Phi) is 4.20. The van der Waals surface area contributed by atoms with Crippen LogP contribution in [0.5, 0.6) is 0 Å². The highest BCUT2D eigenvalue weighted by Gasteiger charge is 2.37. The van der Waals surface area contributed by atoms with Crippen molar-refractivity contribution in [3.63, 3.8) is 0 Å². The van der Waals surface area contributed by atoms with E-state index in [4.69, 9.17) is 4.74 Å². The Hall–Kier alpha value is -0.150. The van der Waals surface area contributed by atoms with E-state index in [0.29, 0.717) is 12.5 Å². The lowest BCUT2D eigenvalue weighted by molar-refractivity contribution is -0.0123. The first kappa shape index (κ1) is 12.3. The van der Waals surface area contributed by atoms with Crippen molar-refractivity contribution in [2.24, 2.45) is 5.92 Å². The molecule has 2 aliphatic heterocycles.